The van der Waals surface area contributed by atoms with Crippen molar-refractivity contribution in [2.75, 3.05) is 37.5 Å². The maximum Gasteiger partial charge on any atom is 0.0364 e. The molecule has 0 aromatic heterocycles. The van der Waals surface area contributed by atoms with E-state index in [-0.39, 0.29) is 0 Å². The molecule has 90 valence electrons. The third kappa shape index (κ3) is 3.72. The summed E-state index contributed by atoms with van der Waals surface area (Å²) in [6.07, 6.45) is 2.14. The van der Waals surface area contributed by atoms with Crippen LogP contribution >= 0.6 is 11.8 Å². The Morgan fingerprint density at radius 1 is 1.31 bits per heavy atom. The lowest BCUT2D eigenvalue weighted by Crippen LogP contribution is -2.20. The molecule has 0 aliphatic rings. The first-order valence-electron chi connectivity index (χ1n) is 5.66. The molecule has 1 aromatic carbocycles. The lowest BCUT2D eigenvalue weighted by molar-refractivity contribution is 0.652. The van der Waals surface area contributed by atoms with Crippen LogP contribution in [0.4, 0.5) is 5.69 Å². The van der Waals surface area contributed by atoms with Crippen molar-refractivity contribution in [2.24, 2.45) is 0 Å². The third-order valence-electron chi connectivity index (χ3n) is 2.90. The second-order valence-corrected chi connectivity index (χ2v) is 5.00. The van der Waals surface area contributed by atoms with Gasteiger partial charge in [-0.3, -0.25) is 0 Å². The highest BCUT2D eigenvalue weighted by Crippen LogP contribution is 2.18. The first-order valence-corrected chi connectivity index (χ1v) is 7.05. The molecule has 0 saturated carbocycles. The molecule has 1 N–H and O–H groups in total. The number of benzene rings is 1. The molecule has 1 unspecified atom stereocenters. The van der Waals surface area contributed by atoms with Crippen molar-refractivity contribution < 1.29 is 0 Å². The number of anilines is 1. The van der Waals surface area contributed by atoms with Gasteiger partial charge in [0.1, 0.15) is 0 Å². The van der Waals surface area contributed by atoms with Gasteiger partial charge in [-0.25, -0.2) is 0 Å². The van der Waals surface area contributed by atoms with E-state index < -0.39 is 0 Å². The van der Waals surface area contributed by atoms with Crippen LogP contribution in [0, 0.1) is 0 Å². The standard InChI is InChI=1S/C13H22N2S/c1-11(14-2)12-5-7-13(8-6-12)15(3)9-10-16-4/h5-8,11,14H,9-10H2,1-4H3. The zero-order valence-corrected chi connectivity index (χ0v) is 11.5. The third-order valence-corrected chi connectivity index (χ3v) is 3.49. The average molecular weight is 238 g/mol. The predicted molar refractivity (Wildman–Crippen MR) is 75.6 cm³/mol. The lowest BCUT2D eigenvalue weighted by atomic mass is 10.1. The Bertz CT molecular complexity index is 297. The molecule has 0 saturated heterocycles. The van der Waals surface area contributed by atoms with E-state index in [2.05, 4.69) is 54.7 Å². The molecule has 16 heavy (non-hydrogen) atoms. The summed E-state index contributed by atoms with van der Waals surface area (Å²) in [5.41, 5.74) is 2.63. The van der Waals surface area contributed by atoms with Crippen LogP contribution in [0.5, 0.6) is 0 Å². The first-order chi connectivity index (χ1) is 7.69. The van der Waals surface area contributed by atoms with Crippen LogP contribution in [-0.4, -0.2) is 32.6 Å². The van der Waals surface area contributed by atoms with Crippen molar-refractivity contribution in [2.45, 2.75) is 13.0 Å². The minimum atomic E-state index is 0.422. The highest BCUT2D eigenvalue weighted by Gasteiger charge is 2.03. The molecule has 0 aliphatic heterocycles. The molecule has 3 heteroatoms. The van der Waals surface area contributed by atoms with Crippen LogP contribution in [0.2, 0.25) is 0 Å². The maximum atomic E-state index is 3.25. The fraction of sp³-hybridized carbons (Fsp3) is 0.538. The van der Waals surface area contributed by atoms with Gasteiger partial charge in [0.05, 0.1) is 0 Å². The van der Waals surface area contributed by atoms with Gasteiger partial charge in [0.25, 0.3) is 0 Å². The van der Waals surface area contributed by atoms with Gasteiger partial charge in [0.15, 0.2) is 0 Å². The molecule has 1 aromatic rings. The van der Waals surface area contributed by atoms with Gasteiger partial charge in [0, 0.05) is 31.1 Å². The lowest BCUT2D eigenvalue weighted by Gasteiger charge is -2.19. The molecule has 0 amide bonds. The molecule has 0 spiro atoms. The zero-order chi connectivity index (χ0) is 12.0. The smallest absolute Gasteiger partial charge is 0.0364 e. The van der Waals surface area contributed by atoms with E-state index in [0.29, 0.717) is 6.04 Å². The van der Waals surface area contributed by atoms with Gasteiger partial charge in [-0.05, 0) is 37.9 Å². The van der Waals surface area contributed by atoms with Crippen LogP contribution in [0.1, 0.15) is 18.5 Å². The summed E-state index contributed by atoms with van der Waals surface area (Å²) in [7, 11) is 4.13. The number of thioether (sulfide) groups is 1. The van der Waals surface area contributed by atoms with Crippen molar-refractivity contribution >= 4 is 17.4 Å². The van der Waals surface area contributed by atoms with E-state index in [1.807, 2.05) is 18.8 Å². The minimum Gasteiger partial charge on any atom is -0.374 e. The number of rotatable bonds is 6. The predicted octanol–water partition coefficient (Wildman–Crippen LogP) is 2.77. The van der Waals surface area contributed by atoms with E-state index >= 15 is 0 Å². The Morgan fingerprint density at radius 3 is 2.44 bits per heavy atom. The molecule has 0 bridgehead atoms. The van der Waals surface area contributed by atoms with Crippen LogP contribution in [0.15, 0.2) is 24.3 Å². The van der Waals surface area contributed by atoms with E-state index in [1.165, 1.54) is 17.0 Å². The molecule has 1 rings (SSSR count). The summed E-state index contributed by atoms with van der Waals surface area (Å²) in [6, 6.07) is 9.22. The molecule has 1 atom stereocenters. The monoisotopic (exact) mass is 238 g/mol. The highest BCUT2D eigenvalue weighted by molar-refractivity contribution is 7.98. The Balaban J connectivity index is 2.63. The Morgan fingerprint density at radius 2 is 1.94 bits per heavy atom. The van der Waals surface area contributed by atoms with E-state index in [1.54, 1.807) is 0 Å². The van der Waals surface area contributed by atoms with Crippen LogP contribution in [-0.2, 0) is 0 Å². The van der Waals surface area contributed by atoms with Gasteiger partial charge in [-0.1, -0.05) is 12.1 Å². The average Bonchev–Trinajstić information content (AvgIpc) is 2.35. The van der Waals surface area contributed by atoms with Gasteiger partial charge < -0.3 is 10.2 Å². The number of nitrogens with one attached hydrogen (secondary N) is 1. The van der Waals surface area contributed by atoms with Gasteiger partial charge in [-0.15, -0.1) is 0 Å². The van der Waals surface area contributed by atoms with Crippen molar-refractivity contribution in [1.29, 1.82) is 0 Å². The van der Waals surface area contributed by atoms with Crippen molar-refractivity contribution in [3.05, 3.63) is 29.8 Å². The van der Waals surface area contributed by atoms with Crippen LogP contribution in [0.25, 0.3) is 0 Å². The van der Waals surface area contributed by atoms with E-state index in [0.717, 1.165) is 6.54 Å². The normalized spacial score (nSPS) is 12.5. The fourth-order valence-electron chi connectivity index (χ4n) is 1.54. The molecular weight excluding hydrogens is 216 g/mol. The quantitative estimate of drug-likeness (QED) is 0.820. The second kappa shape index (κ2) is 6.81. The molecule has 0 aliphatic carbocycles. The summed E-state index contributed by atoms with van der Waals surface area (Å²) in [4.78, 5) is 2.30. The molecule has 0 radical (unpaired) electrons. The Hall–Kier alpha value is -0.670. The van der Waals surface area contributed by atoms with Crippen LogP contribution < -0.4 is 10.2 Å². The topological polar surface area (TPSA) is 15.3 Å². The summed E-state index contributed by atoms with van der Waals surface area (Å²) in [5.74, 6) is 1.17. The molecule has 0 heterocycles. The Kier molecular flexibility index (Phi) is 5.71. The molecular formula is C13H22N2S. The number of hydrogen-bond acceptors (Lipinski definition) is 3. The van der Waals surface area contributed by atoms with Gasteiger partial charge in [0.2, 0.25) is 0 Å². The highest BCUT2D eigenvalue weighted by atomic mass is 32.2. The fourth-order valence-corrected chi connectivity index (χ4v) is 2.00. The summed E-state index contributed by atoms with van der Waals surface area (Å²) >= 11 is 1.88. The second-order valence-electron chi connectivity index (χ2n) is 4.02. The van der Waals surface area contributed by atoms with Gasteiger partial charge in [-0.2, -0.15) is 11.8 Å². The van der Waals surface area contributed by atoms with Gasteiger partial charge >= 0.3 is 0 Å². The zero-order valence-electron chi connectivity index (χ0n) is 10.7. The molecule has 2 nitrogen and oxygen atoms in total. The number of hydrogen-bond donors (Lipinski definition) is 1. The Labute approximate surface area is 103 Å². The van der Waals surface area contributed by atoms with E-state index in [9.17, 15) is 0 Å². The van der Waals surface area contributed by atoms with Crippen molar-refractivity contribution in [3.63, 3.8) is 0 Å². The largest absolute Gasteiger partial charge is 0.374 e. The summed E-state index contributed by atoms with van der Waals surface area (Å²) in [5, 5.41) is 3.25. The van der Waals surface area contributed by atoms with Crippen LogP contribution in [0.3, 0.4) is 0 Å². The van der Waals surface area contributed by atoms with Crippen molar-refractivity contribution in [1.82, 2.24) is 5.32 Å². The number of nitrogens with zero attached hydrogens (tertiary/aromatic N) is 1. The summed E-state index contributed by atoms with van der Waals surface area (Å²) < 4.78 is 0. The SMILES string of the molecule is CNC(C)c1ccc(N(C)CCSC)cc1. The van der Waals surface area contributed by atoms with E-state index in [4.69, 9.17) is 0 Å². The summed E-state index contributed by atoms with van der Waals surface area (Å²) in [6.45, 7) is 3.27. The first kappa shape index (κ1) is 13.4. The van der Waals surface area contributed by atoms with Crippen molar-refractivity contribution in [3.8, 4) is 0 Å². The minimum absolute atomic E-state index is 0.422. The maximum absolute atomic E-state index is 3.25. The molecule has 0 fully saturated rings.